The van der Waals surface area contributed by atoms with Crippen LogP contribution in [0.2, 0.25) is 0 Å². The molecule has 0 bridgehead atoms. The molecule has 0 saturated carbocycles. The highest BCUT2D eigenvalue weighted by atomic mass is 32.2. The van der Waals surface area contributed by atoms with Crippen molar-refractivity contribution < 1.29 is 9.53 Å². The maximum atomic E-state index is 11.7. The van der Waals surface area contributed by atoms with Gasteiger partial charge in [0.25, 0.3) is 0 Å². The SMILES string of the molecule is O=C(NC[C@H]1CCCO1)N1CCSCC1. The van der Waals surface area contributed by atoms with Crippen LogP contribution in [0.1, 0.15) is 12.8 Å². The van der Waals surface area contributed by atoms with E-state index >= 15 is 0 Å². The first-order valence-corrected chi connectivity index (χ1v) is 6.74. The van der Waals surface area contributed by atoms with Gasteiger partial charge < -0.3 is 15.0 Å². The fraction of sp³-hybridized carbons (Fsp3) is 0.900. The fourth-order valence-corrected chi connectivity index (χ4v) is 2.79. The lowest BCUT2D eigenvalue weighted by atomic mass is 10.2. The predicted molar refractivity (Wildman–Crippen MR) is 61.3 cm³/mol. The first kappa shape index (κ1) is 11.1. The summed E-state index contributed by atoms with van der Waals surface area (Å²) in [6, 6.07) is 0.0748. The molecule has 0 aromatic rings. The predicted octanol–water partition coefficient (Wildman–Crippen LogP) is 0.924. The van der Waals surface area contributed by atoms with Crippen LogP contribution >= 0.6 is 11.8 Å². The number of nitrogens with zero attached hydrogens (tertiary/aromatic N) is 1. The van der Waals surface area contributed by atoms with Gasteiger partial charge in [0.1, 0.15) is 0 Å². The Morgan fingerprint density at radius 3 is 2.93 bits per heavy atom. The molecule has 2 aliphatic heterocycles. The van der Waals surface area contributed by atoms with Crippen LogP contribution in [0.4, 0.5) is 4.79 Å². The summed E-state index contributed by atoms with van der Waals surface area (Å²) in [6.45, 7) is 3.27. The van der Waals surface area contributed by atoms with Crippen molar-refractivity contribution in [1.29, 1.82) is 0 Å². The van der Waals surface area contributed by atoms with E-state index in [4.69, 9.17) is 4.74 Å². The maximum absolute atomic E-state index is 11.7. The molecule has 2 saturated heterocycles. The third-order valence-corrected chi connectivity index (χ3v) is 3.75. The highest BCUT2D eigenvalue weighted by molar-refractivity contribution is 7.99. The molecular weight excluding hydrogens is 212 g/mol. The Balaban J connectivity index is 1.66. The molecule has 0 aromatic heterocycles. The Labute approximate surface area is 94.7 Å². The number of hydrogen-bond acceptors (Lipinski definition) is 3. The van der Waals surface area contributed by atoms with Crippen LogP contribution in [0, 0.1) is 0 Å². The molecule has 1 atom stereocenters. The van der Waals surface area contributed by atoms with Gasteiger partial charge in [-0.05, 0) is 12.8 Å². The van der Waals surface area contributed by atoms with Gasteiger partial charge in [-0.15, -0.1) is 0 Å². The fourth-order valence-electron chi connectivity index (χ4n) is 1.88. The first-order chi connectivity index (χ1) is 7.36. The monoisotopic (exact) mass is 230 g/mol. The Morgan fingerprint density at radius 2 is 2.27 bits per heavy atom. The Hall–Kier alpha value is -0.420. The maximum Gasteiger partial charge on any atom is 0.317 e. The molecule has 2 amide bonds. The van der Waals surface area contributed by atoms with Crippen molar-refractivity contribution in [2.24, 2.45) is 0 Å². The average molecular weight is 230 g/mol. The zero-order valence-electron chi connectivity index (χ0n) is 8.91. The number of hydrogen-bond donors (Lipinski definition) is 1. The van der Waals surface area contributed by atoms with Gasteiger partial charge in [-0.1, -0.05) is 0 Å². The third-order valence-electron chi connectivity index (χ3n) is 2.80. The minimum atomic E-state index is 0.0748. The first-order valence-electron chi connectivity index (χ1n) is 5.58. The second kappa shape index (κ2) is 5.61. The normalized spacial score (nSPS) is 26.7. The topological polar surface area (TPSA) is 41.6 Å². The molecule has 0 aromatic carbocycles. The lowest BCUT2D eigenvalue weighted by molar-refractivity contribution is 0.109. The summed E-state index contributed by atoms with van der Waals surface area (Å²) in [5.41, 5.74) is 0. The molecule has 15 heavy (non-hydrogen) atoms. The van der Waals surface area contributed by atoms with E-state index in [1.807, 2.05) is 16.7 Å². The van der Waals surface area contributed by atoms with Crippen LogP contribution in [-0.4, -0.2) is 54.8 Å². The molecule has 4 nitrogen and oxygen atoms in total. The molecule has 0 unspecified atom stereocenters. The number of carbonyl (C=O) groups excluding carboxylic acids is 1. The number of ether oxygens (including phenoxy) is 1. The molecule has 2 fully saturated rings. The van der Waals surface area contributed by atoms with Crippen LogP contribution in [0.5, 0.6) is 0 Å². The largest absolute Gasteiger partial charge is 0.376 e. The number of urea groups is 1. The van der Waals surface area contributed by atoms with Crippen molar-refractivity contribution in [2.45, 2.75) is 18.9 Å². The smallest absolute Gasteiger partial charge is 0.317 e. The molecular formula is C10H18N2O2S. The summed E-state index contributed by atoms with van der Waals surface area (Å²) in [6.07, 6.45) is 2.45. The van der Waals surface area contributed by atoms with E-state index in [1.54, 1.807) is 0 Å². The van der Waals surface area contributed by atoms with Gasteiger partial charge >= 0.3 is 6.03 Å². The van der Waals surface area contributed by atoms with Crippen LogP contribution < -0.4 is 5.32 Å². The average Bonchev–Trinajstić information content (AvgIpc) is 2.80. The van der Waals surface area contributed by atoms with Crippen molar-refractivity contribution in [3.63, 3.8) is 0 Å². The Bertz CT molecular complexity index is 213. The van der Waals surface area contributed by atoms with Gasteiger partial charge in [0.05, 0.1) is 6.10 Å². The molecule has 0 spiro atoms. The highest BCUT2D eigenvalue weighted by Crippen LogP contribution is 2.11. The van der Waals surface area contributed by atoms with Crippen LogP contribution in [-0.2, 0) is 4.74 Å². The zero-order chi connectivity index (χ0) is 10.5. The van der Waals surface area contributed by atoms with E-state index < -0.39 is 0 Å². The van der Waals surface area contributed by atoms with Crippen molar-refractivity contribution in [3.8, 4) is 0 Å². The summed E-state index contributed by atoms with van der Waals surface area (Å²) in [5.74, 6) is 2.13. The van der Waals surface area contributed by atoms with Gasteiger partial charge in [0, 0.05) is 37.7 Å². The molecule has 5 heteroatoms. The van der Waals surface area contributed by atoms with Gasteiger partial charge in [0.15, 0.2) is 0 Å². The van der Waals surface area contributed by atoms with E-state index in [1.165, 1.54) is 0 Å². The number of carbonyl (C=O) groups is 1. The highest BCUT2D eigenvalue weighted by Gasteiger charge is 2.19. The lowest BCUT2D eigenvalue weighted by Gasteiger charge is -2.27. The minimum Gasteiger partial charge on any atom is -0.376 e. The van der Waals surface area contributed by atoms with Crippen molar-refractivity contribution in [3.05, 3.63) is 0 Å². The van der Waals surface area contributed by atoms with Gasteiger partial charge in [-0.25, -0.2) is 4.79 Å². The van der Waals surface area contributed by atoms with E-state index in [0.29, 0.717) is 6.54 Å². The minimum absolute atomic E-state index is 0.0748. The van der Waals surface area contributed by atoms with E-state index in [2.05, 4.69) is 5.32 Å². The second-order valence-electron chi connectivity index (χ2n) is 3.92. The van der Waals surface area contributed by atoms with Crippen molar-refractivity contribution in [2.75, 3.05) is 37.7 Å². The van der Waals surface area contributed by atoms with Gasteiger partial charge in [-0.2, -0.15) is 11.8 Å². The van der Waals surface area contributed by atoms with Crippen LogP contribution in [0.25, 0.3) is 0 Å². The zero-order valence-corrected chi connectivity index (χ0v) is 9.72. The van der Waals surface area contributed by atoms with Crippen LogP contribution in [0.3, 0.4) is 0 Å². The van der Waals surface area contributed by atoms with E-state index in [0.717, 1.165) is 44.0 Å². The lowest BCUT2D eigenvalue weighted by Crippen LogP contribution is -2.46. The number of nitrogens with one attached hydrogen (secondary N) is 1. The quantitative estimate of drug-likeness (QED) is 0.767. The van der Waals surface area contributed by atoms with E-state index in [-0.39, 0.29) is 12.1 Å². The van der Waals surface area contributed by atoms with E-state index in [9.17, 15) is 4.79 Å². The summed E-state index contributed by atoms with van der Waals surface area (Å²) >= 11 is 1.91. The Morgan fingerprint density at radius 1 is 1.47 bits per heavy atom. The molecule has 2 heterocycles. The Kier molecular flexibility index (Phi) is 4.14. The van der Waals surface area contributed by atoms with Crippen molar-refractivity contribution in [1.82, 2.24) is 10.2 Å². The summed E-state index contributed by atoms with van der Waals surface area (Å²) < 4.78 is 5.45. The van der Waals surface area contributed by atoms with Crippen LogP contribution in [0.15, 0.2) is 0 Å². The third kappa shape index (κ3) is 3.28. The summed E-state index contributed by atoms with van der Waals surface area (Å²) in [4.78, 5) is 13.6. The summed E-state index contributed by atoms with van der Waals surface area (Å²) in [5, 5.41) is 2.95. The number of thioether (sulfide) groups is 1. The molecule has 86 valence electrons. The molecule has 1 N–H and O–H groups in total. The van der Waals surface area contributed by atoms with Gasteiger partial charge in [0.2, 0.25) is 0 Å². The second-order valence-corrected chi connectivity index (χ2v) is 5.15. The molecule has 0 radical (unpaired) electrons. The number of amides is 2. The standard InChI is InChI=1S/C10H18N2O2S/c13-10(12-3-6-15-7-4-12)11-8-9-2-1-5-14-9/h9H,1-8H2,(H,11,13)/t9-/m1/s1. The molecule has 0 aliphatic carbocycles. The summed E-state index contributed by atoms with van der Waals surface area (Å²) in [7, 11) is 0. The van der Waals surface area contributed by atoms with Crippen molar-refractivity contribution >= 4 is 17.8 Å². The van der Waals surface area contributed by atoms with Gasteiger partial charge in [-0.3, -0.25) is 0 Å². The molecule has 2 aliphatic rings. The number of rotatable bonds is 2. The molecule has 2 rings (SSSR count).